The Morgan fingerprint density at radius 2 is 1.32 bits per heavy atom. The van der Waals surface area contributed by atoms with Gasteiger partial charge in [0.25, 0.3) is 0 Å². The van der Waals surface area contributed by atoms with Crippen LogP contribution in [0.25, 0.3) is 11.1 Å². The summed E-state index contributed by atoms with van der Waals surface area (Å²) in [4.78, 5) is 8.09. The van der Waals surface area contributed by atoms with Gasteiger partial charge in [0.15, 0.2) is 0 Å². The zero-order valence-corrected chi connectivity index (χ0v) is 15.9. The zero-order valence-electron chi connectivity index (χ0n) is 15.9. The lowest BCUT2D eigenvalue weighted by Gasteiger charge is -2.40. The third kappa shape index (κ3) is 3.87. The van der Waals surface area contributed by atoms with Crippen LogP contribution >= 0.6 is 0 Å². The highest BCUT2D eigenvalue weighted by atomic mass is 19.3. The molecule has 0 aliphatic carbocycles. The van der Waals surface area contributed by atoms with Gasteiger partial charge in [0.2, 0.25) is 0 Å². The van der Waals surface area contributed by atoms with Gasteiger partial charge < -0.3 is 9.84 Å². The largest absolute Gasteiger partial charge is 0.435 e. The smallest absolute Gasteiger partial charge is 0.387 e. The average Bonchev–Trinajstić information content (AvgIpc) is 2.67. The van der Waals surface area contributed by atoms with Crippen LogP contribution < -0.4 is 4.74 Å². The van der Waals surface area contributed by atoms with Gasteiger partial charge in [-0.3, -0.25) is 0 Å². The normalized spacial score (nSPS) is 14.0. The zero-order chi connectivity index (χ0) is 20.4. The highest BCUT2D eigenvalue weighted by Crippen LogP contribution is 2.44. The van der Waals surface area contributed by atoms with Crippen molar-refractivity contribution in [3.05, 3.63) is 78.4 Å². The molecule has 1 N–H and O–H groups in total. The summed E-state index contributed by atoms with van der Waals surface area (Å²) in [6, 6.07) is 13.9. The summed E-state index contributed by atoms with van der Waals surface area (Å²) in [6.45, 7) is 3.02. The van der Waals surface area contributed by atoms with Crippen LogP contribution in [0.15, 0.2) is 67.3 Å². The third-order valence-electron chi connectivity index (χ3n) is 4.78. The number of aromatic nitrogens is 2. The van der Waals surface area contributed by atoms with Crippen LogP contribution in [-0.2, 0) is 5.60 Å². The van der Waals surface area contributed by atoms with E-state index in [1.54, 1.807) is 24.5 Å². The maximum absolute atomic E-state index is 12.3. The molecule has 3 aromatic rings. The van der Waals surface area contributed by atoms with Gasteiger partial charge in [-0.15, -0.1) is 0 Å². The maximum atomic E-state index is 12.3. The van der Waals surface area contributed by atoms with Gasteiger partial charge >= 0.3 is 6.61 Å². The van der Waals surface area contributed by atoms with Crippen molar-refractivity contribution in [3.63, 3.8) is 0 Å². The molecule has 3 rings (SSSR count). The first-order valence-electron chi connectivity index (χ1n) is 8.85. The van der Waals surface area contributed by atoms with E-state index in [9.17, 15) is 13.9 Å². The fraction of sp³-hybridized carbons (Fsp3) is 0.273. The van der Waals surface area contributed by atoms with Crippen LogP contribution in [0.1, 0.15) is 31.9 Å². The molecule has 2 aromatic carbocycles. The number of alkyl halides is 2. The van der Waals surface area contributed by atoms with E-state index in [1.807, 2.05) is 45.0 Å². The molecule has 4 nitrogen and oxygen atoms in total. The number of ether oxygens (including phenoxy) is 1. The summed E-state index contributed by atoms with van der Waals surface area (Å²) in [5, 5.41) is 11.6. The Labute approximate surface area is 162 Å². The standard InChI is InChI=1S/C22H22F2N2O2/c1-21(2,3)22(27,18-12-25-14-26-13-18)17-8-4-15(5-9-17)16-6-10-19(11-7-16)28-20(23)24/h4-14,20,27H,1-3H3. The molecule has 0 radical (unpaired) electrons. The number of nitrogens with zero attached hydrogens (tertiary/aromatic N) is 2. The van der Waals surface area contributed by atoms with E-state index in [4.69, 9.17) is 0 Å². The van der Waals surface area contributed by atoms with Gasteiger partial charge in [-0.2, -0.15) is 8.78 Å². The molecule has 0 aliphatic heterocycles. The van der Waals surface area contributed by atoms with Crippen molar-refractivity contribution in [3.8, 4) is 16.9 Å². The second kappa shape index (κ2) is 7.64. The molecule has 0 fully saturated rings. The quantitative estimate of drug-likeness (QED) is 0.671. The minimum absolute atomic E-state index is 0.113. The van der Waals surface area contributed by atoms with Gasteiger partial charge in [-0.1, -0.05) is 57.2 Å². The van der Waals surface area contributed by atoms with E-state index in [0.717, 1.165) is 16.7 Å². The van der Waals surface area contributed by atoms with Crippen LogP contribution in [-0.4, -0.2) is 21.7 Å². The summed E-state index contributed by atoms with van der Waals surface area (Å²) in [5.41, 5.74) is 1.30. The van der Waals surface area contributed by atoms with E-state index in [1.165, 1.54) is 18.5 Å². The van der Waals surface area contributed by atoms with Crippen molar-refractivity contribution >= 4 is 0 Å². The van der Waals surface area contributed by atoms with Gasteiger partial charge in [-0.05, 0) is 34.2 Å². The van der Waals surface area contributed by atoms with Crippen molar-refractivity contribution in [2.45, 2.75) is 33.0 Å². The SMILES string of the molecule is CC(C)(C)C(O)(c1ccc(-c2ccc(OC(F)F)cc2)cc1)c1cncnc1. The van der Waals surface area contributed by atoms with Crippen molar-refractivity contribution in [1.29, 1.82) is 0 Å². The first-order valence-corrected chi connectivity index (χ1v) is 8.85. The minimum Gasteiger partial charge on any atom is -0.435 e. The number of rotatable bonds is 5. The number of hydrogen-bond donors (Lipinski definition) is 1. The topological polar surface area (TPSA) is 55.2 Å². The average molecular weight is 384 g/mol. The Morgan fingerprint density at radius 3 is 1.79 bits per heavy atom. The molecule has 1 unspecified atom stereocenters. The lowest BCUT2D eigenvalue weighted by molar-refractivity contribution is -0.0498. The molecule has 1 aromatic heterocycles. The molecule has 1 heterocycles. The summed E-state index contributed by atoms with van der Waals surface area (Å²) in [6.07, 6.45) is 4.67. The van der Waals surface area contributed by atoms with Crippen LogP contribution in [0.5, 0.6) is 5.75 Å². The molecule has 0 aliphatic rings. The second-order valence-corrected chi connectivity index (χ2v) is 7.57. The number of benzene rings is 2. The highest BCUT2D eigenvalue weighted by molar-refractivity contribution is 5.65. The molecule has 0 amide bonds. The van der Waals surface area contributed by atoms with Gasteiger partial charge in [-0.25, -0.2) is 9.97 Å². The Balaban J connectivity index is 1.94. The molecule has 1 atom stereocenters. The van der Waals surface area contributed by atoms with Crippen LogP contribution in [0.4, 0.5) is 8.78 Å². The Morgan fingerprint density at radius 1 is 0.821 bits per heavy atom. The Kier molecular flexibility index (Phi) is 5.42. The second-order valence-electron chi connectivity index (χ2n) is 7.57. The lowest BCUT2D eigenvalue weighted by Crippen LogP contribution is -2.41. The molecular formula is C22H22F2N2O2. The first kappa shape index (κ1) is 19.9. The summed E-state index contributed by atoms with van der Waals surface area (Å²) >= 11 is 0. The molecular weight excluding hydrogens is 362 g/mol. The third-order valence-corrected chi connectivity index (χ3v) is 4.78. The minimum atomic E-state index is -2.85. The first-order chi connectivity index (χ1) is 13.2. The molecule has 146 valence electrons. The fourth-order valence-corrected chi connectivity index (χ4v) is 3.25. The molecule has 0 saturated carbocycles. The highest BCUT2D eigenvalue weighted by Gasteiger charge is 2.43. The van der Waals surface area contributed by atoms with Crippen molar-refractivity contribution in [2.24, 2.45) is 5.41 Å². The molecule has 28 heavy (non-hydrogen) atoms. The van der Waals surface area contributed by atoms with Crippen molar-refractivity contribution in [2.75, 3.05) is 0 Å². The van der Waals surface area contributed by atoms with E-state index in [0.29, 0.717) is 5.56 Å². The summed E-state index contributed by atoms with van der Waals surface area (Å²) < 4.78 is 28.9. The number of halogens is 2. The monoisotopic (exact) mass is 384 g/mol. The maximum Gasteiger partial charge on any atom is 0.387 e. The molecule has 0 spiro atoms. The Bertz CT molecular complexity index is 908. The summed E-state index contributed by atoms with van der Waals surface area (Å²) in [5.74, 6) is 0.113. The van der Waals surface area contributed by atoms with E-state index < -0.39 is 17.6 Å². The molecule has 6 heteroatoms. The predicted molar refractivity (Wildman–Crippen MR) is 103 cm³/mol. The molecule has 0 bridgehead atoms. The number of hydrogen-bond acceptors (Lipinski definition) is 4. The molecule has 0 saturated heterocycles. The van der Waals surface area contributed by atoms with Gasteiger partial charge in [0.1, 0.15) is 17.7 Å². The van der Waals surface area contributed by atoms with Crippen molar-refractivity contribution < 1.29 is 18.6 Å². The number of aliphatic hydroxyl groups is 1. The van der Waals surface area contributed by atoms with Crippen molar-refractivity contribution in [1.82, 2.24) is 9.97 Å². The van der Waals surface area contributed by atoms with Crippen LogP contribution in [0.2, 0.25) is 0 Å². The van der Waals surface area contributed by atoms with Gasteiger partial charge in [0, 0.05) is 18.0 Å². The van der Waals surface area contributed by atoms with E-state index >= 15 is 0 Å². The van der Waals surface area contributed by atoms with Crippen LogP contribution in [0.3, 0.4) is 0 Å². The summed E-state index contributed by atoms with van der Waals surface area (Å²) in [7, 11) is 0. The predicted octanol–water partition coefficient (Wildman–Crippen LogP) is 5.03. The Hall–Kier alpha value is -2.86. The van der Waals surface area contributed by atoms with E-state index in [2.05, 4.69) is 14.7 Å². The van der Waals surface area contributed by atoms with Gasteiger partial charge in [0.05, 0.1) is 0 Å². The van der Waals surface area contributed by atoms with Crippen LogP contribution in [0, 0.1) is 5.41 Å². The lowest BCUT2D eigenvalue weighted by atomic mass is 9.69. The fourth-order valence-electron chi connectivity index (χ4n) is 3.25. The van der Waals surface area contributed by atoms with E-state index in [-0.39, 0.29) is 5.75 Å².